The van der Waals surface area contributed by atoms with Crippen molar-refractivity contribution in [3.8, 4) is 0 Å². The molecule has 1 heterocycles. The zero-order valence-corrected chi connectivity index (χ0v) is 10.1. The van der Waals surface area contributed by atoms with Crippen LogP contribution in [0.5, 0.6) is 0 Å². The van der Waals surface area contributed by atoms with Gasteiger partial charge in [-0.15, -0.1) is 11.8 Å². The largest absolute Gasteiger partial charge is 0.481 e. The van der Waals surface area contributed by atoms with Crippen LogP contribution in [0.4, 0.5) is 0 Å². The van der Waals surface area contributed by atoms with Gasteiger partial charge in [-0.25, -0.2) is 4.98 Å². The number of nitrogens with zero attached hydrogens (tertiary/aromatic N) is 1. The summed E-state index contributed by atoms with van der Waals surface area (Å²) in [6, 6.07) is 6.02. The number of carboxylic acids is 1. The number of hydrogen-bond acceptors (Lipinski definition) is 3. The molecule has 0 saturated carbocycles. The smallest absolute Gasteiger partial charge is 0.300 e. The second-order valence-electron chi connectivity index (χ2n) is 3.39. The average molecular weight is 227 g/mol. The number of carboxylic acid groups (broad SMARTS) is 1. The first kappa shape index (κ1) is 14.0. The van der Waals surface area contributed by atoms with Gasteiger partial charge in [0.25, 0.3) is 5.97 Å². The van der Waals surface area contributed by atoms with E-state index in [-0.39, 0.29) is 0 Å². The molecule has 1 aromatic heterocycles. The molecular weight excluding hydrogens is 210 g/mol. The van der Waals surface area contributed by atoms with Crippen LogP contribution in [0.2, 0.25) is 0 Å². The first-order valence-corrected chi connectivity index (χ1v) is 5.74. The fourth-order valence-electron chi connectivity index (χ4n) is 0.685. The Morgan fingerprint density at radius 2 is 2.13 bits per heavy atom. The van der Waals surface area contributed by atoms with Crippen molar-refractivity contribution < 1.29 is 9.90 Å². The summed E-state index contributed by atoms with van der Waals surface area (Å²) in [7, 11) is 0. The molecule has 0 atom stereocenters. The van der Waals surface area contributed by atoms with E-state index in [0.717, 1.165) is 23.6 Å². The highest BCUT2D eigenvalue weighted by Gasteiger charge is 1.96. The van der Waals surface area contributed by atoms with Crippen molar-refractivity contribution in [1.29, 1.82) is 0 Å². The van der Waals surface area contributed by atoms with E-state index < -0.39 is 5.97 Å². The van der Waals surface area contributed by atoms with E-state index in [1.165, 1.54) is 0 Å². The number of aliphatic carboxylic acids is 1. The second kappa shape index (κ2) is 8.29. The molecule has 0 fully saturated rings. The van der Waals surface area contributed by atoms with Crippen LogP contribution >= 0.6 is 11.8 Å². The molecule has 0 bridgehead atoms. The minimum atomic E-state index is -0.833. The maximum Gasteiger partial charge on any atom is 0.300 e. The van der Waals surface area contributed by atoms with Gasteiger partial charge in [-0.1, -0.05) is 19.9 Å². The zero-order chi connectivity index (χ0) is 11.7. The van der Waals surface area contributed by atoms with Crippen molar-refractivity contribution in [1.82, 2.24) is 4.98 Å². The fourth-order valence-corrected chi connectivity index (χ4v) is 1.50. The molecule has 0 aromatic carbocycles. The highest BCUT2D eigenvalue weighted by Crippen LogP contribution is 2.16. The summed E-state index contributed by atoms with van der Waals surface area (Å²) >= 11 is 1.82. The molecule has 0 aliphatic rings. The summed E-state index contributed by atoms with van der Waals surface area (Å²) in [4.78, 5) is 13.2. The average Bonchev–Trinajstić information content (AvgIpc) is 2.15. The fraction of sp³-hybridized carbons (Fsp3) is 0.455. The SMILES string of the molecule is CC(=O)O.CC(C)CSc1ccccn1. The van der Waals surface area contributed by atoms with Crippen molar-refractivity contribution in [3.05, 3.63) is 24.4 Å². The summed E-state index contributed by atoms with van der Waals surface area (Å²) in [6.45, 7) is 5.52. The Hall–Kier alpha value is -1.03. The quantitative estimate of drug-likeness (QED) is 0.807. The molecule has 1 aromatic rings. The number of rotatable bonds is 3. The lowest BCUT2D eigenvalue weighted by atomic mass is 10.3. The number of aromatic nitrogens is 1. The lowest BCUT2D eigenvalue weighted by Crippen LogP contribution is -1.90. The van der Waals surface area contributed by atoms with Crippen molar-refractivity contribution >= 4 is 17.7 Å². The molecule has 0 aliphatic carbocycles. The third-order valence-corrected chi connectivity index (χ3v) is 2.57. The van der Waals surface area contributed by atoms with E-state index in [2.05, 4.69) is 18.8 Å². The van der Waals surface area contributed by atoms with Crippen LogP contribution in [0.25, 0.3) is 0 Å². The van der Waals surface area contributed by atoms with Gasteiger partial charge in [0.1, 0.15) is 0 Å². The van der Waals surface area contributed by atoms with Crippen LogP contribution in [0, 0.1) is 5.92 Å². The molecule has 1 N–H and O–H groups in total. The van der Waals surface area contributed by atoms with Crippen molar-refractivity contribution in [2.24, 2.45) is 5.92 Å². The number of thioether (sulfide) groups is 1. The Labute approximate surface area is 94.9 Å². The van der Waals surface area contributed by atoms with E-state index in [0.29, 0.717) is 0 Å². The van der Waals surface area contributed by atoms with Gasteiger partial charge in [-0.2, -0.15) is 0 Å². The van der Waals surface area contributed by atoms with Gasteiger partial charge >= 0.3 is 0 Å². The molecule has 0 spiro atoms. The maximum atomic E-state index is 9.00. The Kier molecular flexibility index (Phi) is 7.72. The Morgan fingerprint density at radius 1 is 1.53 bits per heavy atom. The second-order valence-corrected chi connectivity index (χ2v) is 4.43. The van der Waals surface area contributed by atoms with Gasteiger partial charge in [-0.3, -0.25) is 4.79 Å². The van der Waals surface area contributed by atoms with Gasteiger partial charge in [0.05, 0.1) is 5.03 Å². The van der Waals surface area contributed by atoms with E-state index in [4.69, 9.17) is 9.90 Å². The van der Waals surface area contributed by atoms with Crippen LogP contribution in [0.3, 0.4) is 0 Å². The molecule has 4 heteroatoms. The maximum absolute atomic E-state index is 9.00. The van der Waals surface area contributed by atoms with E-state index in [1.54, 1.807) is 0 Å². The molecule has 84 valence electrons. The van der Waals surface area contributed by atoms with Crippen LogP contribution in [-0.2, 0) is 4.79 Å². The van der Waals surface area contributed by atoms with Crippen LogP contribution in [-0.4, -0.2) is 21.8 Å². The predicted octanol–water partition coefficient (Wildman–Crippen LogP) is 2.92. The van der Waals surface area contributed by atoms with Gasteiger partial charge in [0.15, 0.2) is 0 Å². The summed E-state index contributed by atoms with van der Waals surface area (Å²) < 4.78 is 0. The third kappa shape index (κ3) is 10.9. The normalized spacial score (nSPS) is 9.33. The summed E-state index contributed by atoms with van der Waals surface area (Å²) in [5, 5.41) is 8.54. The van der Waals surface area contributed by atoms with Crippen molar-refractivity contribution in [2.75, 3.05) is 5.75 Å². The van der Waals surface area contributed by atoms with E-state index in [9.17, 15) is 0 Å². The van der Waals surface area contributed by atoms with Gasteiger partial charge in [0, 0.05) is 18.9 Å². The highest BCUT2D eigenvalue weighted by atomic mass is 32.2. The minimum absolute atomic E-state index is 0.738. The molecule has 0 unspecified atom stereocenters. The minimum Gasteiger partial charge on any atom is -0.481 e. The van der Waals surface area contributed by atoms with Crippen molar-refractivity contribution in [3.63, 3.8) is 0 Å². The molecule has 15 heavy (non-hydrogen) atoms. The molecule has 1 rings (SSSR count). The molecule has 0 aliphatic heterocycles. The molecule has 0 amide bonds. The van der Waals surface area contributed by atoms with Crippen LogP contribution in [0.1, 0.15) is 20.8 Å². The topological polar surface area (TPSA) is 50.2 Å². The van der Waals surface area contributed by atoms with E-state index in [1.807, 2.05) is 36.2 Å². The van der Waals surface area contributed by atoms with Gasteiger partial charge in [-0.05, 0) is 18.1 Å². The highest BCUT2D eigenvalue weighted by molar-refractivity contribution is 7.99. The van der Waals surface area contributed by atoms with Crippen molar-refractivity contribution in [2.45, 2.75) is 25.8 Å². The first-order valence-electron chi connectivity index (χ1n) is 4.75. The monoisotopic (exact) mass is 227 g/mol. The standard InChI is InChI=1S/C9H13NS.C2H4O2/c1-8(2)7-11-9-5-3-4-6-10-9;1-2(3)4/h3-6,8H,7H2,1-2H3;1H3,(H,3,4). The lowest BCUT2D eigenvalue weighted by molar-refractivity contribution is -0.134. The van der Waals surface area contributed by atoms with E-state index >= 15 is 0 Å². The molecule has 3 nitrogen and oxygen atoms in total. The Morgan fingerprint density at radius 3 is 2.53 bits per heavy atom. The first-order chi connectivity index (χ1) is 7.02. The number of hydrogen-bond donors (Lipinski definition) is 1. The summed E-state index contributed by atoms with van der Waals surface area (Å²) in [5.74, 6) is 1.05. The third-order valence-electron chi connectivity index (χ3n) is 1.20. The van der Waals surface area contributed by atoms with Crippen LogP contribution in [0.15, 0.2) is 29.4 Å². The Balaban J connectivity index is 0.000000423. The summed E-state index contributed by atoms with van der Waals surface area (Å²) in [6.07, 6.45) is 1.84. The molecular formula is C11H17NO2S. The molecule has 0 radical (unpaired) electrons. The summed E-state index contributed by atoms with van der Waals surface area (Å²) in [5.41, 5.74) is 0. The van der Waals surface area contributed by atoms with Crippen LogP contribution < -0.4 is 0 Å². The lowest BCUT2D eigenvalue weighted by Gasteiger charge is -2.02. The van der Waals surface area contributed by atoms with Gasteiger partial charge in [0.2, 0.25) is 0 Å². The predicted molar refractivity (Wildman–Crippen MR) is 63.1 cm³/mol. The Bertz CT molecular complexity index is 271. The molecule has 0 saturated heterocycles. The van der Waals surface area contributed by atoms with Gasteiger partial charge < -0.3 is 5.11 Å². The number of pyridine rings is 1. The number of carbonyl (C=O) groups is 1. The zero-order valence-electron chi connectivity index (χ0n) is 9.30.